The minimum Gasteiger partial charge on any atom is -0.493 e. The monoisotopic (exact) mass is 239 g/mol. The number of para-hydroxylation sites is 1. The molecule has 0 aromatic heterocycles. The Bertz CT molecular complexity index is 356. The van der Waals surface area contributed by atoms with Gasteiger partial charge in [0.2, 0.25) is 5.91 Å². The number of benzene rings is 1. The molecule has 0 unspecified atom stereocenters. The SMILES string of the molecule is NC(=S)NNC(=O)CCOc1ccccc1. The lowest BCUT2D eigenvalue weighted by Gasteiger charge is -2.07. The van der Waals surface area contributed by atoms with E-state index in [9.17, 15) is 4.79 Å². The molecule has 0 heterocycles. The van der Waals surface area contributed by atoms with Crippen LogP contribution in [0.2, 0.25) is 0 Å². The molecule has 0 atom stereocenters. The van der Waals surface area contributed by atoms with Crippen LogP contribution in [0.15, 0.2) is 30.3 Å². The van der Waals surface area contributed by atoms with Gasteiger partial charge in [0, 0.05) is 0 Å². The largest absolute Gasteiger partial charge is 0.493 e. The topological polar surface area (TPSA) is 76.4 Å². The number of carbonyl (C=O) groups excluding carboxylic acids is 1. The lowest BCUT2D eigenvalue weighted by molar-refractivity contribution is -0.122. The van der Waals surface area contributed by atoms with Gasteiger partial charge in [0.1, 0.15) is 5.75 Å². The van der Waals surface area contributed by atoms with Gasteiger partial charge in [-0.25, -0.2) is 0 Å². The molecule has 0 saturated heterocycles. The Labute approximate surface area is 98.9 Å². The first-order chi connectivity index (χ1) is 7.68. The number of amides is 1. The van der Waals surface area contributed by atoms with E-state index in [4.69, 9.17) is 10.5 Å². The number of hydrazine groups is 1. The molecule has 1 rings (SSSR count). The Hall–Kier alpha value is -1.82. The number of rotatable bonds is 4. The molecular weight excluding hydrogens is 226 g/mol. The van der Waals surface area contributed by atoms with Crippen molar-refractivity contribution in [2.24, 2.45) is 5.73 Å². The normalized spacial score (nSPS) is 9.25. The molecule has 0 radical (unpaired) electrons. The van der Waals surface area contributed by atoms with Gasteiger partial charge >= 0.3 is 0 Å². The molecule has 0 fully saturated rings. The van der Waals surface area contributed by atoms with E-state index in [0.29, 0.717) is 6.61 Å². The van der Waals surface area contributed by atoms with Crippen molar-refractivity contribution >= 4 is 23.2 Å². The number of carbonyl (C=O) groups is 1. The second-order valence-electron chi connectivity index (χ2n) is 2.95. The van der Waals surface area contributed by atoms with Crippen LogP contribution >= 0.6 is 12.2 Å². The van der Waals surface area contributed by atoms with Crippen molar-refractivity contribution in [2.75, 3.05) is 6.61 Å². The number of hydrogen-bond acceptors (Lipinski definition) is 3. The van der Waals surface area contributed by atoms with Gasteiger partial charge in [-0.1, -0.05) is 18.2 Å². The van der Waals surface area contributed by atoms with E-state index in [0.717, 1.165) is 5.75 Å². The molecule has 0 aliphatic heterocycles. The van der Waals surface area contributed by atoms with Crippen LogP contribution in [0.5, 0.6) is 5.75 Å². The Kier molecular flexibility index (Phi) is 5.07. The molecular formula is C10H13N3O2S. The van der Waals surface area contributed by atoms with Crippen LogP contribution in [0.1, 0.15) is 6.42 Å². The third-order valence-corrected chi connectivity index (χ3v) is 1.77. The van der Waals surface area contributed by atoms with E-state index in [2.05, 4.69) is 23.1 Å². The molecule has 4 N–H and O–H groups in total. The van der Waals surface area contributed by atoms with Crippen LogP contribution in [-0.2, 0) is 4.79 Å². The molecule has 5 nitrogen and oxygen atoms in total. The highest BCUT2D eigenvalue weighted by Crippen LogP contribution is 2.07. The molecule has 1 aromatic rings. The van der Waals surface area contributed by atoms with Gasteiger partial charge in [-0.3, -0.25) is 15.6 Å². The Morgan fingerprint density at radius 1 is 1.31 bits per heavy atom. The van der Waals surface area contributed by atoms with E-state index < -0.39 is 0 Å². The van der Waals surface area contributed by atoms with Crippen LogP contribution in [0.3, 0.4) is 0 Å². The van der Waals surface area contributed by atoms with Gasteiger partial charge in [-0.05, 0) is 24.4 Å². The summed E-state index contributed by atoms with van der Waals surface area (Å²) in [4.78, 5) is 11.2. The van der Waals surface area contributed by atoms with Crippen molar-refractivity contribution in [3.05, 3.63) is 30.3 Å². The fourth-order valence-electron chi connectivity index (χ4n) is 0.972. The molecule has 86 valence electrons. The summed E-state index contributed by atoms with van der Waals surface area (Å²) in [6.07, 6.45) is 0.227. The molecule has 16 heavy (non-hydrogen) atoms. The fraction of sp³-hybridized carbons (Fsp3) is 0.200. The van der Waals surface area contributed by atoms with E-state index in [-0.39, 0.29) is 17.4 Å². The number of hydrogen-bond donors (Lipinski definition) is 3. The summed E-state index contributed by atoms with van der Waals surface area (Å²) in [5.74, 6) is 0.501. The average molecular weight is 239 g/mol. The summed E-state index contributed by atoms with van der Waals surface area (Å²) in [5, 5.41) is 0.0253. The lowest BCUT2D eigenvalue weighted by Crippen LogP contribution is -2.44. The highest BCUT2D eigenvalue weighted by Gasteiger charge is 2.00. The summed E-state index contributed by atoms with van der Waals surface area (Å²) in [6, 6.07) is 9.27. The Morgan fingerprint density at radius 3 is 2.62 bits per heavy atom. The number of thiocarbonyl (C=S) groups is 1. The third kappa shape index (κ3) is 5.16. The van der Waals surface area contributed by atoms with Crippen molar-refractivity contribution in [1.29, 1.82) is 0 Å². The smallest absolute Gasteiger partial charge is 0.241 e. The number of nitrogens with one attached hydrogen (secondary N) is 2. The highest BCUT2D eigenvalue weighted by atomic mass is 32.1. The first-order valence-electron chi connectivity index (χ1n) is 4.70. The molecule has 1 aromatic carbocycles. The average Bonchev–Trinajstić information content (AvgIpc) is 2.28. The van der Waals surface area contributed by atoms with Gasteiger partial charge in [0.25, 0.3) is 0 Å². The maximum atomic E-state index is 11.2. The van der Waals surface area contributed by atoms with E-state index >= 15 is 0 Å². The predicted octanol–water partition coefficient (Wildman–Crippen LogP) is 0.320. The second kappa shape index (κ2) is 6.62. The van der Waals surface area contributed by atoms with Crippen molar-refractivity contribution in [1.82, 2.24) is 10.9 Å². The molecule has 0 spiro atoms. The van der Waals surface area contributed by atoms with Gasteiger partial charge in [-0.15, -0.1) is 0 Å². The van der Waals surface area contributed by atoms with Gasteiger partial charge < -0.3 is 10.5 Å². The maximum Gasteiger partial charge on any atom is 0.241 e. The summed E-state index contributed by atoms with van der Waals surface area (Å²) >= 11 is 4.52. The summed E-state index contributed by atoms with van der Waals surface area (Å²) < 4.78 is 5.33. The zero-order valence-corrected chi connectivity index (χ0v) is 9.42. The van der Waals surface area contributed by atoms with Crippen molar-refractivity contribution in [2.45, 2.75) is 6.42 Å². The standard InChI is InChI=1S/C10H13N3O2S/c11-10(16)13-12-9(14)6-7-15-8-4-2-1-3-5-8/h1-5H,6-7H2,(H,12,14)(H3,11,13,16). The Morgan fingerprint density at radius 2 is 2.00 bits per heavy atom. The van der Waals surface area contributed by atoms with E-state index in [1.54, 1.807) is 0 Å². The molecule has 0 saturated carbocycles. The van der Waals surface area contributed by atoms with Crippen LogP contribution in [0.4, 0.5) is 0 Å². The summed E-state index contributed by atoms with van der Waals surface area (Å²) in [7, 11) is 0. The van der Waals surface area contributed by atoms with Gasteiger partial charge in [-0.2, -0.15) is 0 Å². The summed E-state index contributed by atoms with van der Waals surface area (Å²) in [6.45, 7) is 0.300. The highest BCUT2D eigenvalue weighted by molar-refractivity contribution is 7.80. The maximum absolute atomic E-state index is 11.2. The third-order valence-electron chi connectivity index (χ3n) is 1.67. The molecule has 6 heteroatoms. The zero-order chi connectivity index (χ0) is 11.8. The minimum atomic E-state index is -0.233. The molecule has 0 aliphatic rings. The first-order valence-corrected chi connectivity index (χ1v) is 5.11. The number of ether oxygens (including phenoxy) is 1. The first kappa shape index (κ1) is 12.3. The molecule has 1 amide bonds. The van der Waals surface area contributed by atoms with Crippen molar-refractivity contribution in [3.63, 3.8) is 0 Å². The number of nitrogens with two attached hydrogens (primary N) is 1. The predicted molar refractivity (Wildman–Crippen MR) is 64.6 cm³/mol. The summed E-state index contributed by atoms with van der Waals surface area (Å²) in [5.41, 5.74) is 9.82. The van der Waals surface area contributed by atoms with Crippen LogP contribution in [-0.4, -0.2) is 17.6 Å². The minimum absolute atomic E-state index is 0.0253. The van der Waals surface area contributed by atoms with Crippen LogP contribution in [0.25, 0.3) is 0 Å². The molecule has 0 aliphatic carbocycles. The lowest BCUT2D eigenvalue weighted by atomic mass is 10.3. The van der Waals surface area contributed by atoms with Gasteiger partial charge in [0.05, 0.1) is 13.0 Å². The quantitative estimate of drug-likeness (QED) is 0.521. The fourth-order valence-corrected chi connectivity index (χ4v) is 1.02. The van der Waals surface area contributed by atoms with Gasteiger partial charge in [0.15, 0.2) is 5.11 Å². The zero-order valence-electron chi connectivity index (χ0n) is 8.60. The van der Waals surface area contributed by atoms with Crippen molar-refractivity contribution in [3.8, 4) is 5.75 Å². The van der Waals surface area contributed by atoms with Crippen LogP contribution < -0.4 is 21.3 Å². The molecule has 0 bridgehead atoms. The van der Waals surface area contributed by atoms with Crippen molar-refractivity contribution < 1.29 is 9.53 Å². The Balaban J connectivity index is 2.16. The van der Waals surface area contributed by atoms with Crippen LogP contribution in [0, 0.1) is 0 Å². The van der Waals surface area contributed by atoms with E-state index in [1.165, 1.54) is 0 Å². The van der Waals surface area contributed by atoms with E-state index in [1.807, 2.05) is 30.3 Å². The second-order valence-corrected chi connectivity index (χ2v) is 3.39.